The van der Waals surface area contributed by atoms with Crippen molar-refractivity contribution in [2.75, 3.05) is 6.61 Å². The van der Waals surface area contributed by atoms with Crippen molar-refractivity contribution >= 4 is 0 Å². The van der Waals surface area contributed by atoms with Crippen molar-refractivity contribution in [1.82, 2.24) is 0 Å². The molecule has 2 heteroatoms. The molecule has 1 heterocycles. The van der Waals surface area contributed by atoms with Gasteiger partial charge in [0, 0.05) is 0 Å². The SMILES string of the molecule is c1ccc(COC[C@]23CC[C@H]2O3)cc1. The van der Waals surface area contributed by atoms with Gasteiger partial charge in [-0.2, -0.15) is 0 Å². The van der Waals surface area contributed by atoms with Crippen molar-refractivity contribution in [1.29, 1.82) is 0 Å². The highest BCUT2D eigenvalue weighted by atomic mass is 16.6. The summed E-state index contributed by atoms with van der Waals surface area (Å²) in [6.45, 7) is 1.48. The average molecular weight is 190 g/mol. The normalized spacial score (nSPS) is 33.3. The van der Waals surface area contributed by atoms with E-state index in [1.165, 1.54) is 18.4 Å². The first-order valence-electron chi connectivity index (χ1n) is 5.19. The van der Waals surface area contributed by atoms with Crippen molar-refractivity contribution in [2.24, 2.45) is 0 Å². The van der Waals surface area contributed by atoms with Crippen LogP contribution in [0.5, 0.6) is 0 Å². The molecule has 14 heavy (non-hydrogen) atoms. The maximum Gasteiger partial charge on any atom is 0.118 e. The minimum absolute atomic E-state index is 0.148. The summed E-state index contributed by atoms with van der Waals surface area (Å²) in [6, 6.07) is 10.3. The second-order valence-electron chi connectivity index (χ2n) is 4.19. The Morgan fingerprint density at radius 3 is 2.79 bits per heavy atom. The lowest BCUT2D eigenvalue weighted by Crippen LogP contribution is -2.30. The lowest BCUT2D eigenvalue weighted by Gasteiger charge is -2.18. The molecule has 1 saturated heterocycles. The summed E-state index contributed by atoms with van der Waals surface area (Å²) in [5, 5.41) is 0. The molecule has 2 nitrogen and oxygen atoms in total. The molecule has 1 aliphatic carbocycles. The number of benzene rings is 1. The molecular weight excluding hydrogens is 176 g/mol. The molecule has 0 amide bonds. The van der Waals surface area contributed by atoms with Gasteiger partial charge in [-0.25, -0.2) is 0 Å². The number of hydrogen-bond donors (Lipinski definition) is 0. The molecule has 0 radical (unpaired) electrons. The summed E-state index contributed by atoms with van der Waals surface area (Å²) in [6.07, 6.45) is 2.94. The summed E-state index contributed by atoms with van der Waals surface area (Å²) in [4.78, 5) is 0. The van der Waals surface area contributed by atoms with Crippen molar-refractivity contribution in [3.63, 3.8) is 0 Å². The Kier molecular flexibility index (Phi) is 1.85. The summed E-state index contributed by atoms with van der Waals surface area (Å²) >= 11 is 0. The van der Waals surface area contributed by atoms with Gasteiger partial charge < -0.3 is 9.47 Å². The summed E-state index contributed by atoms with van der Waals surface area (Å²) in [5.41, 5.74) is 1.38. The smallest absolute Gasteiger partial charge is 0.118 e. The zero-order valence-corrected chi connectivity index (χ0v) is 8.11. The zero-order valence-electron chi connectivity index (χ0n) is 8.11. The van der Waals surface area contributed by atoms with Crippen LogP contribution in [0.25, 0.3) is 0 Å². The monoisotopic (exact) mass is 190 g/mol. The third-order valence-electron chi connectivity index (χ3n) is 3.19. The van der Waals surface area contributed by atoms with Crippen LogP contribution in [0.15, 0.2) is 30.3 Å². The lowest BCUT2D eigenvalue weighted by molar-refractivity contribution is 0.0617. The molecule has 2 aliphatic rings. The highest BCUT2D eigenvalue weighted by Crippen LogP contribution is 2.53. The van der Waals surface area contributed by atoms with Gasteiger partial charge in [0.1, 0.15) is 5.60 Å². The van der Waals surface area contributed by atoms with Crippen LogP contribution in [0.2, 0.25) is 0 Å². The maximum absolute atomic E-state index is 5.64. The Hall–Kier alpha value is -0.860. The van der Waals surface area contributed by atoms with Crippen LogP contribution >= 0.6 is 0 Å². The lowest BCUT2D eigenvalue weighted by atomic mass is 9.86. The first-order valence-corrected chi connectivity index (χ1v) is 5.19. The minimum Gasteiger partial charge on any atom is -0.374 e. The second kappa shape index (κ2) is 3.07. The first kappa shape index (κ1) is 8.45. The molecule has 1 aliphatic heterocycles. The Morgan fingerprint density at radius 2 is 2.21 bits per heavy atom. The third-order valence-corrected chi connectivity index (χ3v) is 3.19. The van der Waals surface area contributed by atoms with Gasteiger partial charge >= 0.3 is 0 Å². The van der Waals surface area contributed by atoms with Gasteiger partial charge in [-0.15, -0.1) is 0 Å². The fourth-order valence-corrected chi connectivity index (χ4v) is 2.07. The van der Waals surface area contributed by atoms with Crippen LogP contribution in [0.4, 0.5) is 0 Å². The van der Waals surface area contributed by atoms with Crippen molar-refractivity contribution in [3.8, 4) is 0 Å². The number of ether oxygens (including phenoxy) is 2. The molecule has 3 rings (SSSR count). The van der Waals surface area contributed by atoms with E-state index in [2.05, 4.69) is 12.1 Å². The number of rotatable bonds is 4. The molecule has 2 atom stereocenters. The molecule has 1 aromatic rings. The van der Waals surface area contributed by atoms with E-state index < -0.39 is 0 Å². The van der Waals surface area contributed by atoms with Crippen LogP contribution in [0.1, 0.15) is 18.4 Å². The molecule has 74 valence electrons. The highest BCUT2D eigenvalue weighted by molar-refractivity contribution is 5.14. The van der Waals surface area contributed by atoms with Gasteiger partial charge in [-0.3, -0.25) is 0 Å². The topological polar surface area (TPSA) is 21.8 Å². The van der Waals surface area contributed by atoms with E-state index in [0.717, 1.165) is 6.61 Å². The largest absolute Gasteiger partial charge is 0.374 e. The fourth-order valence-electron chi connectivity index (χ4n) is 2.07. The van der Waals surface area contributed by atoms with E-state index in [-0.39, 0.29) is 5.60 Å². The molecule has 2 fully saturated rings. The fraction of sp³-hybridized carbons (Fsp3) is 0.500. The van der Waals surface area contributed by atoms with Gasteiger partial charge in [0.25, 0.3) is 0 Å². The Morgan fingerprint density at radius 1 is 1.36 bits per heavy atom. The van der Waals surface area contributed by atoms with Crippen LogP contribution < -0.4 is 0 Å². The Labute approximate surface area is 83.8 Å². The van der Waals surface area contributed by atoms with Crippen molar-refractivity contribution in [3.05, 3.63) is 35.9 Å². The number of fused-ring (bicyclic) bond motifs is 1. The van der Waals surface area contributed by atoms with E-state index >= 15 is 0 Å². The van der Waals surface area contributed by atoms with Crippen LogP contribution in [-0.2, 0) is 16.1 Å². The maximum atomic E-state index is 5.64. The average Bonchev–Trinajstić information content (AvgIpc) is 2.72. The molecule has 1 aromatic carbocycles. The molecule has 0 unspecified atom stereocenters. The Bertz CT molecular complexity index is 318. The van der Waals surface area contributed by atoms with Crippen LogP contribution in [0, 0.1) is 0 Å². The van der Waals surface area contributed by atoms with E-state index in [1.54, 1.807) is 0 Å². The predicted octanol–water partition coefficient (Wildman–Crippen LogP) is 2.13. The predicted molar refractivity (Wildman–Crippen MR) is 52.9 cm³/mol. The van der Waals surface area contributed by atoms with Crippen molar-refractivity contribution < 1.29 is 9.47 Å². The molecule has 0 N–H and O–H groups in total. The van der Waals surface area contributed by atoms with Gasteiger partial charge in [-0.05, 0) is 18.4 Å². The molecule has 0 spiro atoms. The summed E-state index contributed by atoms with van der Waals surface area (Å²) < 4.78 is 11.2. The van der Waals surface area contributed by atoms with Crippen LogP contribution in [0.3, 0.4) is 0 Å². The van der Waals surface area contributed by atoms with Gasteiger partial charge in [0.2, 0.25) is 0 Å². The van der Waals surface area contributed by atoms with Crippen molar-refractivity contribution in [2.45, 2.75) is 31.2 Å². The third kappa shape index (κ3) is 1.35. The van der Waals surface area contributed by atoms with Gasteiger partial charge in [-0.1, -0.05) is 30.3 Å². The summed E-state index contributed by atoms with van der Waals surface area (Å²) in [5.74, 6) is 0. The van der Waals surface area contributed by atoms with E-state index in [0.29, 0.717) is 12.7 Å². The molecule has 1 saturated carbocycles. The highest BCUT2D eigenvalue weighted by Gasteiger charge is 2.63. The first-order chi connectivity index (χ1) is 6.89. The molecule has 0 aromatic heterocycles. The Balaban J connectivity index is 1.47. The molecular formula is C12H14O2. The summed E-state index contributed by atoms with van der Waals surface area (Å²) in [7, 11) is 0. The molecule has 0 bridgehead atoms. The van der Waals surface area contributed by atoms with Gasteiger partial charge in [0.15, 0.2) is 0 Å². The quantitative estimate of drug-likeness (QED) is 0.678. The van der Waals surface area contributed by atoms with E-state index in [4.69, 9.17) is 9.47 Å². The van der Waals surface area contributed by atoms with E-state index in [1.807, 2.05) is 18.2 Å². The number of epoxide rings is 1. The van der Waals surface area contributed by atoms with Crippen LogP contribution in [-0.4, -0.2) is 18.3 Å². The van der Waals surface area contributed by atoms with Gasteiger partial charge in [0.05, 0.1) is 19.3 Å². The zero-order chi connectivity index (χ0) is 9.43. The van der Waals surface area contributed by atoms with E-state index in [9.17, 15) is 0 Å². The minimum atomic E-state index is 0.148. The number of hydrogen-bond acceptors (Lipinski definition) is 2. The second-order valence-corrected chi connectivity index (χ2v) is 4.19. The standard InChI is InChI=1S/C12H14O2/c1-2-4-10(5-3-1)8-13-9-12-7-6-11(12)14-12/h1-5,11H,6-9H2/t11-,12-/m1/s1.